The van der Waals surface area contributed by atoms with Crippen LogP contribution in [0.4, 0.5) is 0 Å². The third-order valence-electron chi connectivity index (χ3n) is 1.98. The van der Waals surface area contributed by atoms with E-state index in [-0.39, 0.29) is 0 Å². The Morgan fingerprint density at radius 1 is 1.53 bits per heavy atom. The molecular weight excluding hydrogens is 216 g/mol. The molecule has 1 rings (SSSR count). The maximum Gasteiger partial charge on any atom is 0.137 e. The highest BCUT2D eigenvalue weighted by atomic mass is 16.5. The molecule has 0 unspecified atom stereocenters. The molecule has 0 radical (unpaired) electrons. The van der Waals surface area contributed by atoms with Crippen molar-refractivity contribution in [1.82, 2.24) is 0 Å². The highest BCUT2D eigenvalue weighted by molar-refractivity contribution is 5.55. The predicted octanol–water partition coefficient (Wildman–Crippen LogP) is 2.62. The first kappa shape index (κ1) is 12.4. The number of azide groups is 1. The lowest BCUT2D eigenvalue weighted by Gasteiger charge is -2.02. The van der Waals surface area contributed by atoms with E-state index in [2.05, 4.69) is 27.9 Å². The van der Waals surface area contributed by atoms with E-state index in [1.54, 1.807) is 18.2 Å². The molecule has 0 heterocycles. The molecule has 0 fully saturated rings. The highest BCUT2D eigenvalue weighted by Gasteiger charge is 2.05. The van der Waals surface area contributed by atoms with Crippen molar-refractivity contribution >= 4 is 0 Å². The Kier molecular flexibility index (Phi) is 4.97. The van der Waals surface area contributed by atoms with Gasteiger partial charge in [0.2, 0.25) is 0 Å². The number of hydrogen-bond acceptors (Lipinski definition) is 3. The number of ether oxygens (including phenoxy) is 1. The van der Waals surface area contributed by atoms with Crippen molar-refractivity contribution in [3.8, 4) is 23.7 Å². The van der Waals surface area contributed by atoms with E-state index in [1.807, 2.05) is 0 Å². The molecule has 0 aliphatic carbocycles. The van der Waals surface area contributed by atoms with Crippen molar-refractivity contribution in [2.24, 2.45) is 5.11 Å². The molecule has 1 aromatic carbocycles. The zero-order valence-corrected chi connectivity index (χ0v) is 9.34. The number of nitrogens with zero attached hydrogens (tertiary/aromatic N) is 4. The molecule has 17 heavy (non-hydrogen) atoms. The number of nitriles is 1. The van der Waals surface area contributed by atoms with Crippen molar-refractivity contribution in [2.45, 2.75) is 6.42 Å². The lowest BCUT2D eigenvalue weighted by Crippen LogP contribution is -1.91. The first-order valence-electron chi connectivity index (χ1n) is 4.90. The van der Waals surface area contributed by atoms with Crippen LogP contribution in [0.15, 0.2) is 23.3 Å². The van der Waals surface area contributed by atoms with Crippen LogP contribution in [0.2, 0.25) is 0 Å². The third kappa shape index (κ3) is 3.46. The van der Waals surface area contributed by atoms with Crippen LogP contribution >= 0.6 is 0 Å². The van der Waals surface area contributed by atoms with Crippen LogP contribution in [-0.4, -0.2) is 13.7 Å². The van der Waals surface area contributed by atoms with E-state index in [1.165, 1.54) is 7.11 Å². The van der Waals surface area contributed by atoms with E-state index in [4.69, 9.17) is 15.5 Å². The molecule has 84 valence electrons. The lowest BCUT2D eigenvalue weighted by atomic mass is 10.1. The predicted molar refractivity (Wildman–Crippen MR) is 63.2 cm³/mol. The molecular formula is C12H10N4O. The van der Waals surface area contributed by atoms with Crippen molar-refractivity contribution in [3.63, 3.8) is 0 Å². The molecule has 0 saturated heterocycles. The van der Waals surface area contributed by atoms with Gasteiger partial charge in [0.1, 0.15) is 17.4 Å². The van der Waals surface area contributed by atoms with Crippen molar-refractivity contribution in [2.75, 3.05) is 13.7 Å². The molecule has 5 heteroatoms. The summed E-state index contributed by atoms with van der Waals surface area (Å²) in [6.07, 6.45) is 0.464. The standard InChI is InChI=1S/C12H10N4O/c1-17-12-7-4-6-10(11(12)9-13)5-2-3-8-15-16-14/h4,6-7H,3,8H2,1H3. The monoisotopic (exact) mass is 226 g/mol. The van der Waals surface area contributed by atoms with E-state index >= 15 is 0 Å². The number of hydrogen-bond donors (Lipinski definition) is 0. The van der Waals surface area contributed by atoms with Gasteiger partial charge >= 0.3 is 0 Å². The zero-order valence-electron chi connectivity index (χ0n) is 9.34. The van der Waals surface area contributed by atoms with E-state index in [0.29, 0.717) is 29.8 Å². The van der Waals surface area contributed by atoms with Gasteiger partial charge in [0.25, 0.3) is 0 Å². The molecule has 0 spiro atoms. The van der Waals surface area contributed by atoms with Gasteiger partial charge in [-0.3, -0.25) is 0 Å². The lowest BCUT2D eigenvalue weighted by molar-refractivity contribution is 0.413. The number of benzene rings is 1. The molecule has 0 aromatic heterocycles. The first-order valence-corrected chi connectivity index (χ1v) is 4.90. The van der Waals surface area contributed by atoms with Gasteiger partial charge in [0.05, 0.1) is 7.11 Å². The Bertz CT molecular complexity index is 542. The summed E-state index contributed by atoms with van der Waals surface area (Å²) in [6, 6.07) is 7.30. The summed E-state index contributed by atoms with van der Waals surface area (Å²) in [7, 11) is 1.51. The van der Waals surface area contributed by atoms with E-state index in [9.17, 15) is 0 Å². The molecule has 1 aromatic rings. The molecule has 0 aliphatic heterocycles. The fraction of sp³-hybridized carbons (Fsp3) is 0.250. The Hall–Kier alpha value is -2.62. The number of methoxy groups -OCH3 is 1. The Balaban J connectivity index is 2.91. The van der Waals surface area contributed by atoms with Crippen LogP contribution in [0.3, 0.4) is 0 Å². The van der Waals surface area contributed by atoms with E-state index in [0.717, 1.165) is 0 Å². The summed E-state index contributed by atoms with van der Waals surface area (Å²) in [5, 5.41) is 12.4. The van der Waals surface area contributed by atoms with Gasteiger partial charge in [-0.25, -0.2) is 0 Å². The number of rotatable bonds is 3. The molecule has 0 amide bonds. The summed E-state index contributed by atoms with van der Waals surface area (Å²) in [5.41, 5.74) is 9.12. The van der Waals surface area contributed by atoms with Gasteiger partial charge in [0, 0.05) is 23.4 Å². The minimum Gasteiger partial charge on any atom is -0.495 e. The van der Waals surface area contributed by atoms with Gasteiger partial charge in [-0.15, -0.1) is 0 Å². The van der Waals surface area contributed by atoms with Crippen LogP contribution < -0.4 is 4.74 Å². The smallest absolute Gasteiger partial charge is 0.137 e. The van der Waals surface area contributed by atoms with Gasteiger partial charge < -0.3 is 4.74 Å². The Labute approximate surface area is 99.3 Å². The summed E-state index contributed by atoms with van der Waals surface area (Å²) in [6.45, 7) is 0.329. The minimum atomic E-state index is 0.329. The topological polar surface area (TPSA) is 81.8 Å². The molecule has 0 aliphatic rings. The Morgan fingerprint density at radius 3 is 3.00 bits per heavy atom. The maximum atomic E-state index is 9.01. The average Bonchev–Trinajstić information content (AvgIpc) is 2.38. The molecule has 5 nitrogen and oxygen atoms in total. The molecule has 0 atom stereocenters. The van der Waals surface area contributed by atoms with Crippen LogP contribution in [0.5, 0.6) is 5.75 Å². The summed E-state index contributed by atoms with van der Waals surface area (Å²) in [4.78, 5) is 2.63. The largest absolute Gasteiger partial charge is 0.495 e. The van der Waals surface area contributed by atoms with Crippen LogP contribution in [0.1, 0.15) is 17.5 Å². The minimum absolute atomic E-state index is 0.329. The fourth-order valence-corrected chi connectivity index (χ4v) is 1.23. The summed E-state index contributed by atoms with van der Waals surface area (Å²) < 4.78 is 5.06. The van der Waals surface area contributed by atoms with Crippen molar-refractivity contribution in [3.05, 3.63) is 39.8 Å². The SMILES string of the molecule is COc1cccc(C#CCCN=[N+]=[N-])c1C#N. The normalized spacial score (nSPS) is 8.24. The van der Waals surface area contributed by atoms with Gasteiger partial charge in [-0.2, -0.15) is 5.26 Å². The summed E-state index contributed by atoms with van der Waals surface area (Å²) >= 11 is 0. The third-order valence-corrected chi connectivity index (χ3v) is 1.98. The van der Waals surface area contributed by atoms with Crippen molar-refractivity contribution < 1.29 is 4.74 Å². The van der Waals surface area contributed by atoms with E-state index < -0.39 is 0 Å². The van der Waals surface area contributed by atoms with Crippen LogP contribution in [-0.2, 0) is 0 Å². The molecule has 0 bridgehead atoms. The van der Waals surface area contributed by atoms with Gasteiger partial charge in [-0.05, 0) is 17.7 Å². The van der Waals surface area contributed by atoms with Gasteiger partial charge in [-0.1, -0.05) is 23.0 Å². The van der Waals surface area contributed by atoms with Crippen LogP contribution in [0, 0.1) is 23.2 Å². The first-order chi connectivity index (χ1) is 8.33. The van der Waals surface area contributed by atoms with Crippen molar-refractivity contribution in [1.29, 1.82) is 5.26 Å². The van der Waals surface area contributed by atoms with Gasteiger partial charge in [0.15, 0.2) is 0 Å². The van der Waals surface area contributed by atoms with Crippen LogP contribution in [0.25, 0.3) is 10.4 Å². The second kappa shape index (κ2) is 6.79. The second-order valence-corrected chi connectivity index (χ2v) is 3.00. The average molecular weight is 226 g/mol. The maximum absolute atomic E-state index is 9.01. The molecule has 0 saturated carbocycles. The zero-order chi connectivity index (χ0) is 12.5. The quantitative estimate of drug-likeness (QED) is 0.261. The molecule has 0 N–H and O–H groups in total. The highest BCUT2D eigenvalue weighted by Crippen LogP contribution is 2.20. The fourth-order valence-electron chi connectivity index (χ4n) is 1.23. The summed E-state index contributed by atoms with van der Waals surface area (Å²) in [5.74, 6) is 6.21. The second-order valence-electron chi connectivity index (χ2n) is 3.00. The Morgan fingerprint density at radius 2 is 2.35 bits per heavy atom.